The maximum Gasteiger partial charge on any atom is 0.265 e. The normalized spacial score (nSPS) is 16.5. The summed E-state index contributed by atoms with van der Waals surface area (Å²) in [5.41, 5.74) is 1.94. The van der Waals surface area contributed by atoms with E-state index in [-0.39, 0.29) is 5.75 Å². The monoisotopic (exact) mass is 550 g/mol. The van der Waals surface area contributed by atoms with E-state index >= 15 is 0 Å². The minimum atomic E-state index is -4.00. The zero-order chi connectivity index (χ0) is 25.9. The molecule has 0 atom stereocenters. The molecule has 9 nitrogen and oxygen atoms in total. The Bertz CT molecular complexity index is 1290. The molecule has 11 heteroatoms. The smallest absolute Gasteiger partial charge is 0.265 e. The van der Waals surface area contributed by atoms with Gasteiger partial charge in [-0.1, -0.05) is 29.5 Å². The second kappa shape index (κ2) is 13.8. The molecule has 4 rings (SSSR count). The van der Waals surface area contributed by atoms with Crippen molar-refractivity contribution in [3.05, 3.63) is 53.0 Å². The molecule has 1 aliphatic heterocycles. The lowest BCUT2D eigenvalue weighted by atomic mass is 10.2. The van der Waals surface area contributed by atoms with Crippen LogP contribution in [-0.4, -0.2) is 71.6 Å². The Hall–Kier alpha value is -2.54. The highest BCUT2D eigenvalue weighted by molar-refractivity contribution is 7.85. The summed E-state index contributed by atoms with van der Waals surface area (Å²) in [5, 5.41) is 0.970. The number of aromatic nitrogens is 1. The van der Waals surface area contributed by atoms with E-state index in [1.54, 1.807) is 11.3 Å². The van der Waals surface area contributed by atoms with Gasteiger partial charge in [0.15, 0.2) is 18.0 Å². The van der Waals surface area contributed by atoms with Crippen molar-refractivity contribution >= 4 is 43.8 Å². The zero-order valence-corrected chi connectivity index (χ0v) is 22.2. The number of nitrogens with zero attached hydrogens (tertiary/aromatic N) is 1. The summed E-state index contributed by atoms with van der Waals surface area (Å²) in [5.74, 6) is 0.973. The van der Waals surface area contributed by atoms with Crippen LogP contribution in [0.2, 0.25) is 0 Å². The van der Waals surface area contributed by atoms with Gasteiger partial charge in [0.25, 0.3) is 15.1 Å². The number of benzene rings is 2. The molecule has 0 aliphatic carbocycles. The van der Waals surface area contributed by atoms with Crippen molar-refractivity contribution in [1.82, 2.24) is 0 Å². The fourth-order valence-electron chi connectivity index (χ4n) is 3.80. The summed E-state index contributed by atoms with van der Waals surface area (Å²) in [6.45, 7) is 4.16. The molecule has 1 aromatic heterocycles. The van der Waals surface area contributed by atoms with Crippen molar-refractivity contribution in [2.45, 2.75) is 13.0 Å². The maximum atomic E-state index is 11.2. The first-order valence-corrected chi connectivity index (χ1v) is 14.6. The minimum absolute atomic E-state index is 0.280. The number of aryl methyl sites for hydroxylation is 1. The van der Waals surface area contributed by atoms with Gasteiger partial charge in [-0.2, -0.15) is 13.0 Å². The summed E-state index contributed by atoms with van der Waals surface area (Å²) in [4.78, 5) is 0. The highest BCUT2D eigenvalue weighted by Gasteiger charge is 2.19. The zero-order valence-electron chi connectivity index (χ0n) is 20.5. The Morgan fingerprint density at radius 3 is 2.19 bits per heavy atom. The third-order valence-electron chi connectivity index (χ3n) is 5.52. The first-order valence-electron chi connectivity index (χ1n) is 12.2. The quantitative estimate of drug-likeness (QED) is 0.368. The SMILES string of the molecule is O=S(=O)(O)CCC[n+]1c(/C=C\c2ccc3c(c2)OCCOCCOCCOCCO3)sc2ccccc21. The van der Waals surface area contributed by atoms with E-state index < -0.39 is 10.1 Å². The van der Waals surface area contributed by atoms with Gasteiger partial charge in [-0.15, -0.1) is 0 Å². The van der Waals surface area contributed by atoms with Crippen LogP contribution in [0, 0.1) is 0 Å². The second-order valence-electron chi connectivity index (χ2n) is 8.27. The molecule has 37 heavy (non-hydrogen) atoms. The van der Waals surface area contributed by atoms with Crippen LogP contribution in [0.1, 0.15) is 17.0 Å². The van der Waals surface area contributed by atoms with Crippen molar-refractivity contribution in [3.63, 3.8) is 0 Å². The first kappa shape index (κ1) is 27.5. The molecule has 0 saturated carbocycles. The highest BCUT2D eigenvalue weighted by atomic mass is 32.2. The molecule has 1 aliphatic rings. The van der Waals surface area contributed by atoms with Crippen LogP contribution in [0.15, 0.2) is 42.5 Å². The number of hydrogen-bond donors (Lipinski definition) is 1. The van der Waals surface area contributed by atoms with E-state index in [0.717, 1.165) is 20.8 Å². The molecule has 0 unspecified atom stereocenters. The largest absolute Gasteiger partial charge is 0.487 e. The lowest BCUT2D eigenvalue weighted by molar-refractivity contribution is -0.668. The van der Waals surface area contributed by atoms with Crippen molar-refractivity contribution in [2.75, 3.05) is 58.6 Å². The highest BCUT2D eigenvalue weighted by Crippen LogP contribution is 2.30. The molecule has 0 bridgehead atoms. The van der Waals surface area contributed by atoms with Crippen LogP contribution in [0.25, 0.3) is 22.4 Å². The van der Waals surface area contributed by atoms with Crippen LogP contribution < -0.4 is 14.0 Å². The van der Waals surface area contributed by atoms with Crippen LogP contribution in [0.3, 0.4) is 0 Å². The van der Waals surface area contributed by atoms with Crippen LogP contribution >= 0.6 is 11.3 Å². The van der Waals surface area contributed by atoms with E-state index in [1.807, 2.05) is 54.6 Å². The lowest BCUT2D eigenvalue weighted by Gasteiger charge is -2.13. The van der Waals surface area contributed by atoms with Gasteiger partial charge in [-0.3, -0.25) is 4.55 Å². The van der Waals surface area contributed by atoms with Gasteiger partial charge in [0.1, 0.15) is 17.9 Å². The second-order valence-corrected chi connectivity index (χ2v) is 10.9. The average Bonchev–Trinajstić information content (AvgIpc) is 3.22. The van der Waals surface area contributed by atoms with E-state index in [9.17, 15) is 8.42 Å². The van der Waals surface area contributed by atoms with Crippen LogP contribution in [0.4, 0.5) is 0 Å². The van der Waals surface area contributed by atoms with Gasteiger partial charge in [-0.25, -0.2) is 0 Å². The molecule has 0 spiro atoms. The van der Waals surface area contributed by atoms with E-state index in [2.05, 4.69) is 4.57 Å². The number of ether oxygens (including phenoxy) is 5. The number of hydrogen-bond acceptors (Lipinski definition) is 8. The molecule has 2 aromatic carbocycles. The lowest BCUT2D eigenvalue weighted by Crippen LogP contribution is -2.35. The molecule has 3 aromatic rings. The topological polar surface area (TPSA) is 104 Å². The fourth-order valence-corrected chi connectivity index (χ4v) is 5.39. The summed E-state index contributed by atoms with van der Waals surface area (Å²) in [6, 6.07) is 13.7. The Morgan fingerprint density at radius 1 is 0.838 bits per heavy atom. The fraction of sp³-hybridized carbons (Fsp3) is 0.423. The van der Waals surface area contributed by atoms with Gasteiger partial charge < -0.3 is 23.7 Å². The van der Waals surface area contributed by atoms with E-state index in [1.165, 1.54) is 0 Å². The Morgan fingerprint density at radius 2 is 1.49 bits per heavy atom. The van der Waals surface area contributed by atoms with Crippen LogP contribution in [-0.2, 0) is 30.9 Å². The molecule has 1 N–H and O–H groups in total. The van der Waals surface area contributed by atoms with Crippen molar-refractivity contribution in [1.29, 1.82) is 0 Å². The first-order chi connectivity index (χ1) is 18.0. The predicted octanol–water partition coefficient (Wildman–Crippen LogP) is 3.46. The van der Waals surface area contributed by atoms with Crippen molar-refractivity contribution in [2.24, 2.45) is 0 Å². The molecule has 0 radical (unpaired) electrons. The standard InChI is InChI=1S/C26H31NO8S2/c28-37(29,30)19-3-10-27-22-4-1-2-5-25(22)36-26(27)9-7-21-6-8-23-24(20-21)35-18-16-33-14-12-31-11-13-32-15-17-34-23/h1-2,4-9,20H,3,10-19H2/p+1/b9-7-. The molecule has 200 valence electrons. The molecular weight excluding hydrogens is 518 g/mol. The van der Waals surface area contributed by atoms with Gasteiger partial charge in [0.05, 0.1) is 45.4 Å². The molecular formula is C26H32NO8S2+. The summed E-state index contributed by atoms with van der Waals surface area (Å²) in [7, 11) is -4.00. The third-order valence-corrected chi connectivity index (χ3v) is 7.46. The molecule has 2 heterocycles. The number of rotatable bonds is 6. The molecule has 0 fully saturated rings. The van der Waals surface area contributed by atoms with Gasteiger partial charge >= 0.3 is 0 Å². The molecule has 0 saturated heterocycles. The minimum Gasteiger partial charge on any atom is -0.487 e. The summed E-state index contributed by atoms with van der Waals surface area (Å²) in [6.07, 6.45) is 4.30. The van der Waals surface area contributed by atoms with Crippen molar-refractivity contribution < 1.29 is 41.2 Å². The van der Waals surface area contributed by atoms with Gasteiger partial charge in [0.2, 0.25) is 5.52 Å². The predicted molar refractivity (Wildman–Crippen MR) is 142 cm³/mol. The molecule has 0 amide bonds. The number of thiazole rings is 1. The van der Waals surface area contributed by atoms with Gasteiger partial charge in [-0.05, 0) is 29.8 Å². The van der Waals surface area contributed by atoms with Crippen LogP contribution in [0.5, 0.6) is 11.5 Å². The average molecular weight is 551 g/mol. The maximum absolute atomic E-state index is 11.2. The Balaban J connectivity index is 1.52. The van der Waals surface area contributed by atoms with Gasteiger partial charge in [0, 0.05) is 18.6 Å². The number of para-hydroxylation sites is 1. The third kappa shape index (κ3) is 8.77. The number of fused-ring (bicyclic) bond motifs is 2. The van der Waals surface area contributed by atoms with E-state index in [0.29, 0.717) is 77.3 Å². The van der Waals surface area contributed by atoms with Crippen molar-refractivity contribution in [3.8, 4) is 11.5 Å². The Labute approximate surface area is 220 Å². The Kier molecular flexibility index (Phi) is 10.3. The summed E-state index contributed by atoms with van der Waals surface area (Å²) >= 11 is 1.62. The summed E-state index contributed by atoms with van der Waals surface area (Å²) < 4.78 is 63.1. The van der Waals surface area contributed by atoms with E-state index in [4.69, 9.17) is 28.2 Å².